The van der Waals surface area contributed by atoms with Crippen LogP contribution in [0.15, 0.2) is 24.3 Å². The summed E-state index contributed by atoms with van der Waals surface area (Å²) in [6.07, 6.45) is 4.54. The van der Waals surface area contributed by atoms with Crippen LogP contribution in [0.4, 0.5) is 0 Å². The van der Waals surface area contributed by atoms with Gasteiger partial charge in [-0.15, -0.1) is 0 Å². The largest absolute Gasteiger partial charge is 0.491 e. The second-order valence-electron chi connectivity index (χ2n) is 5.85. The Morgan fingerprint density at radius 1 is 1.29 bits per heavy atom. The molecule has 1 amide bonds. The Bertz CT molecular complexity index is 450. The molecule has 1 saturated carbocycles. The molecule has 1 fully saturated rings. The van der Waals surface area contributed by atoms with Crippen LogP contribution >= 0.6 is 0 Å². The van der Waals surface area contributed by atoms with Gasteiger partial charge in [-0.25, -0.2) is 0 Å². The molecular weight excluding hydrogens is 266 g/mol. The van der Waals surface area contributed by atoms with E-state index in [0.29, 0.717) is 12.1 Å². The maximum absolute atomic E-state index is 12.6. The first-order chi connectivity index (χ1) is 10.1. The highest BCUT2D eigenvalue weighted by Crippen LogP contribution is 2.25. The van der Waals surface area contributed by atoms with E-state index in [1.807, 2.05) is 30.9 Å². The Labute approximate surface area is 126 Å². The summed E-state index contributed by atoms with van der Waals surface area (Å²) in [5.74, 6) is 0.781. The van der Waals surface area contributed by atoms with Crippen molar-refractivity contribution in [3.05, 3.63) is 29.8 Å². The predicted octanol–water partition coefficient (Wildman–Crippen LogP) is 2.85. The van der Waals surface area contributed by atoms with Crippen molar-refractivity contribution in [1.82, 2.24) is 4.90 Å². The highest BCUT2D eigenvalue weighted by molar-refractivity contribution is 5.94. The first-order valence-corrected chi connectivity index (χ1v) is 7.80. The lowest BCUT2D eigenvalue weighted by atomic mass is 10.1. The lowest BCUT2D eigenvalue weighted by Gasteiger charge is -2.28. The average molecular weight is 291 g/mol. The van der Waals surface area contributed by atoms with Crippen LogP contribution in [0.5, 0.6) is 5.75 Å². The minimum Gasteiger partial charge on any atom is -0.491 e. The van der Waals surface area contributed by atoms with Gasteiger partial charge in [0.1, 0.15) is 5.75 Å². The molecule has 0 radical (unpaired) electrons. The minimum absolute atomic E-state index is 0.00652. The number of amides is 1. The molecule has 4 nitrogen and oxygen atoms in total. The van der Waals surface area contributed by atoms with Crippen LogP contribution in [-0.2, 0) is 0 Å². The van der Waals surface area contributed by atoms with Gasteiger partial charge in [-0.3, -0.25) is 4.79 Å². The smallest absolute Gasteiger partial charge is 0.254 e. The van der Waals surface area contributed by atoms with Crippen molar-refractivity contribution in [1.29, 1.82) is 0 Å². The number of aliphatic hydroxyl groups is 1. The molecule has 21 heavy (non-hydrogen) atoms. The van der Waals surface area contributed by atoms with E-state index in [4.69, 9.17) is 4.74 Å². The Hall–Kier alpha value is -1.55. The number of ether oxygens (including phenoxy) is 1. The summed E-state index contributed by atoms with van der Waals surface area (Å²) in [6.45, 7) is 4.37. The molecule has 1 aromatic carbocycles. The van der Waals surface area contributed by atoms with E-state index in [1.54, 1.807) is 12.1 Å². The normalized spacial score (nSPS) is 15.4. The first-order valence-electron chi connectivity index (χ1n) is 7.80. The molecule has 0 aliphatic heterocycles. The number of carbonyl (C=O) groups excluding carboxylic acids is 1. The predicted molar refractivity (Wildman–Crippen MR) is 82.6 cm³/mol. The van der Waals surface area contributed by atoms with Crippen molar-refractivity contribution in [2.45, 2.75) is 51.7 Å². The summed E-state index contributed by atoms with van der Waals surface area (Å²) in [5.41, 5.74) is 0.659. The minimum atomic E-state index is 0.00652. The van der Waals surface area contributed by atoms with Crippen molar-refractivity contribution in [2.24, 2.45) is 0 Å². The third kappa shape index (κ3) is 4.21. The summed E-state index contributed by atoms with van der Waals surface area (Å²) in [6, 6.07) is 7.55. The molecule has 0 unspecified atom stereocenters. The molecule has 1 aliphatic carbocycles. The van der Waals surface area contributed by atoms with Gasteiger partial charge in [-0.1, -0.05) is 12.8 Å². The van der Waals surface area contributed by atoms with E-state index in [9.17, 15) is 9.90 Å². The van der Waals surface area contributed by atoms with Crippen LogP contribution in [0.2, 0.25) is 0 Å². The SMILES string of the molecule is CC(C)Oc1ccc(C(=O)N(CCO)C2CCCC2)cc1. The highest BCUT2D eigenvalue weighted by Gasteiger charge is 2.26. The second-order valence-corrected chi connectivity index (χ2v) is 5.85. The van der Waals surface area contributed by atoms with E-state index in [0.717, 1.165) is 18.6 Å². The molecule has 1 N–H and O–H groups in total. The Balaban J connectivity index is 2.08. The van der Waals surface area contributed by atoms with Crippen LogP contribution in [-0.4, -0.2) is 41.2 Å². The van der Waals surface area contributed by atoms with E-state index in [2.05, 4.69) is 0 Å². The van der Waals surface area contributed by atoms with Gasteiger partial charge in [0, 0.05) is 18.2 Å². The summed E-state index contributed by atoms with van der Waals surface area (Å²) in [4.78, 5) is 14.5. The van der Waals surface area contributed by atoms with Crippen LogP contribution in [0, 0.1) is 0 Å². The van der Waals surface area contributed by atoms with Crippen molar-refractivity contribution in [3.63, 3.8) is 0 Å². The standard InChI is InChI=1S/C17H25NO3/c1-13(2)21-16-9-7-14(8-10-16)17(20)18(11-12-19)15-5-3-4-6-15/h7-10,13,15,19H,3-6,11-12H2,1-2H3. The van der Waals surface area contributed by atoms with Gasteiger partial charge in [0.15, 0.2) is 0 Å². The Kier molecular flexibility index (Phi) is 5.62. The fraction of sp³-hybridized carbons (Fsp3) is 0.588. The monoisotopic (exact) mass is 291 g/mol. The van der Waals surface area contributed by atoms with Crippen LogP contribution in [0.3, 0.4) is 0 Å². The molecule has 0 saturated heterocycles. The lowest BCUT2D eigenvalue weighted by Crippen LogP contribution is -2.40. The topological polar surface area (TPSA) is 49.8 Å². The van der Waals surface area contributed by atoms with E-state index >= 15 is 0 Å². The zero-order chi connectivity index (χ0) is 15.2. The number of hydrogen-bond acceptors (Lipinski definition) is 3. The quantitative estimate of drug-likeness (QED) is 0.877. The van der Waals surface area contributed by atoms with Crippen LogP contribution < -0.4 is 4.74 Å². The zero-order valence-corrected chi connectivity index (χ0v) is 12.9. The molecule has 116 valence electrons. The van der Waals surface area contributed by atoms with Gasteiger partial charge in [0.2, 0.25) is 0 Å². The van der Waals surface area contributed by atoms with Gasteiger partial charge in [0.25, 0.3) is 5.91 Å². The Morgan fingerprint density at radius 3 is 2.43 bits per heavy atom. The highest BCUT2D eigenvalue weighted by atomic mass is 16.5. The maximum atomic E-state index is 12.6. The van der Waals surface area contributed by atoms with Crippen molar-refractivity contribution < 1.29 is 14.6 Å². The lowest BCUT2D eigenvalue weighted by molar-refractivity contribution is 0.0638. The molecular formula is C17H25NO3. The number of rotatable bonds is 6. The average Bonchev–Trinajstić information content (AvgIpc) is 2.98. The van der Waals surface area contributed by atoms with Crippen LogP contribution in [0.1, 0.15) is 49.9 Å². The van der Waals surface area contributed by atoms with Crippen LogP contribution in [0.25, 0.3) is 0 Å². The van der Waals surface area contributed by atoms with Gasteiger partial charge >= 0.3 is 0 Å². The molecule has 1 aromatic rings. The van der Waals surface area contributed by atoms with Crippen molar-refractivity contribution in [3.8, 4) is 5.75 Å². The number of carbonyl (C=O) groups is 1. The molecule has 0 heterocycles. The Morgan fingerprint density at radius 2 is 1.90 bits per heavy atom. The maximum Gasteiger partial charge on any atom is 0.254 e. The van der Waals surface area contributed by atoms with Gasteiger partial charge in [0.05, 0.1) is 12.7 Å². The van der Waals surface area contributed by atoms with Gasteiger partial charge in [-0.05, 0) is 51.0 Å². The van der Waals surface area contributed by atoms with E-state index in [1.165, 1.54) is 12.8 Å². The van der Waals surface area contributed by atoms with E-state index in [-0.39, 0.29) is 24.7 Å². The van der Waals surface area contributed by atoms with E-state index < -0.39 is 0 Å². The fourth-order valence-electron chi connectivity index (χ4n) is 2.89. The summed E-state index contributed by atoms with van der Waals surface area (Å²) < 4.78 is 5.59. The number of hydrogen-bond donors (Lipinski definition) is 1. The fourth-order valence-corrected chi connectivity index (χ4v) is 2.89. The number of nitrogens with zero attached hydrogens (tertiary/aromatic N) is 1. The zero-order valence-electron chi connectivity index (χ0n) is 12.9. The second kappa shape index (κ2) is 7.46. The first kappa shape index (κ1) is 15.8. The number of benzene rings is 1. The third-order valence-corrected chi connectivity index (χ3v) is 3.84. The number of aliphatic hydroxyl groups excluding tert-OH is 1. The summed E-state index contributed by atoms with van der Waals surface area (Å²) in [7, 11) is 0. The van der Waals surface area contributed by atoms with Gasteiger partial charge in [-0.2, -0.15) is 0 Å². The molecule has 0 spiro atoms. The van der Waals surface area contributed by atoms with Crippen molar-refractivity contribution in [2.75, 3.05) is 13.2 Å². The molecule has 2 rings (SSSR count). The third-order valence-electron chi connectivity index (χ3n) is 3.84. The molecule has 0 atom stereocenters. The molecule has 1 aliphatic rings. The molecule has 0 aromatic heterocycles. The molecule has 0 bridgehead atoms. The van der Waals surface area contributed by atoms with Crippen molar-refractivity contribution >= 4 is 5.91 Å². The summed E-state index contributed by atoms with van der Waals surface area (Å²) in [5, 5.41) is 9.22. The molecule has 4 heteroatoms. The van der Waals surface area contributed by atoms with Gasteiger partial charge < -0.3 is 14.7 Å². The summed E-state index contributed by atoms with van der Waals surface area (Å²) >= 11 is 0.